The zero-order valence-electron chi connectivity index (χ0n) is 6.90. The summed E-state index contributed by atoms with van der Waals surface area (Å²) in [5, 5.41) is 8.50. The van der Waals surface area contributed by atoms with Crippen LogP contribution in [0.5, 0.6) is 0 Å². The highest BCUT2D eigenvalue weighted by Gasteiger charge is 1.99. The second-order valence-electron chi connectivity index (χ2n) is 2.03. The van der Waals surface area contributed by atoms with Crippen molar-refractivity contribution in [1.29, 1.82) is 0 Å². The molecule has 1 aromatic carbocycles. The third kappa shape index (κ3) is 3.52. The van der Waals surface area contributed by atoms with Gasteiger partial charge in [-0.25, -0.2) is 4.79 Å². The first-order chi connectivity index (χ1) is 6.24. The van der Waals surface area contributed by atoms with Gasteiger partial charge in [-0.15, -0.1) is 0 Å². The number of hydrazine groups is 2. The van der Waals surface area contributed by atoms with Crippen LogP contribution in [0.3, 0.4) is 0 Å². The molecule has 0 aliphatic rings. The van der Waals surface area contributed by atoms with Gasteiger partial charge in [-0.2, -0.15) is 0 Å². The SMILES string of the molecule is NN.NNc1ccc(C(=O)O)cc1. The van der Waals surface area contributed by atoms with Crippen LogP contribution in [-0.4, -0.2) is 11.1 Å². The molecule has 0 aliphatic heterocycles. The van der Waals surface area contributed by atoms with Crippen LogP contribution in [0.15, 0.2) is 24.3 Å². The standard InChI is InChI=1S/C7H8N2O2.H4N2/c8-9-6-3-1-5(2-4-6)7(10)11;1-2/h1-4,9H,8H2,(H,10,11);1-2H2. The Morgan fingerprint density at radius 2 is 1.69 bits per heavy atom. The molecular weight excluding hydrogens is 172 g/mol. The van der Waals surface area contributed by atoms with Gasteiger partial charge in [0.2, 0.25) is 0 Å². The summed E-state index contributed by atoms with van der Waals surface area (Å²) in [5.41, 5.74) is 3.34. The van der Waals surface area contributed by atoms with E-state index in [1.165, 1.54) is 12.1 Å². The van der Waals surface area contributed by atoms with E-state index in [4.69, 9.17) is 10.9 Å². The van der Waals surface area contributed by atoms with E-state index in [0.29, 0.717) is 5.69 Å². The van der Waals surface area contributed by atoms with Crippen LogP contribution in [0.4, 0.5) is 5.69 Å². The van der Waals surface area contributed by atoms with Gasteiger partial charge in [0.25, 0.3) is 0 Å². The van der Waals surface area contributed by atoms with Gasteiger partial charge in [0.1, 0.15) is 0 Å². The highest BCUT2D eigenvalue weighted by atomic mass is 16.4. The van der Waals surface area contributed by atoms with Gasteiger partial charge in [-0.1, -0.05) is 0 Å². The Morgan fingerprint density at radius 3 is 2.00 bits per heavy atom. The number of hydrogen-bond donors (Lipinski definition) is 5. The summed E-state index contributed by atoms with van der Waals surface area (Å²) in [5.74, 6) is 12.1. The van der Waals surface area contributed by atoms with Crippen LogP contribution in [0.25, 0.3) is 0 Å². The topological polar surface area (TPSA) is 127 Å². The molecule has 72 valence electrons. The number of carboxylic acids is 1. The molecule has 0 aliphatic carbocycles. The van der Waals surface area contributed by atoms with Gasteiger partial charge in [0.05, 0.1) is 5.56 Å². The van der Waals surface area contributed by atoms with Crippen molar-refractivity contribution < 1.29 is 9.90 Å². The van der Waals surface area contributed by atoms with Crippen molar-refractivity contribution >= 4 is 11.7 Å². The Balaban J connectivity index is 0.000000671. The smallest absolute Gasteiger partial charge is 0.335 e. The third-order valence-electron chi connectivity index (χ3n) is 1.30. The molecule has 0 bridgehead atoms. The molecule has 1 aromatic rings. The number of nitrogens with two attached hydrogens (primary N) is 3. The first-order valence-corrected chi connectivity index (χ1v) is 3.37. The van der Waals surface area contributed by atoms with Gasteiger partial charge in [0.15, 0.2) is 0 Å². The van der Waals surface area contributed by atoms with Crippen molar-refractivity contribution in [3.8, 4) is 0 Å². The number of carboxylic acid groups (broad SMARTS) is 1. The summed E-state index contributed by atoms with van der Waals surface area (Å²) in [6.45, 7) is 0. The van der Waals surface area contributed by atoms with Crippen LogP contribution in [0, 0.1) is 0 Å². The zero-order chi connectivity index (χ0) is 10.3. The summed E-state index contributed by atoms with van der Waals surface area (Å²) < 4.78 is 0. The van der Waals surface area contributed by atoms with Crippen LogP contribution in [0.1, 0.15) is 10.4 Å². The molecule has 8 N–H and O–H groups in total. The fraction of sp³-hybridized carbons (Fsp3) is 0. The molecule has 0 amide bonds. The number of hydrogen-bond acceptors (Lipinski definition) is 5. The number of carbonyl (C=O) groups is 1. The number of anilines is 1. The van der Waals surface area contributed by atoms with Gasteiger partial charge in [0, 0.05) is 5.69 Å². The second kappa shape index (κ2) is 5.95. The molecule has 0 aromatic heterocycles. The minimum Gasteiger partial charge on any atom is -0.478 e. The van der Waals surface area contributed by atoms with Crippen LogP contribution >= 0.6 is 0 Å². The van der Waals surface area contributed by atoms with Crippen molar-refractivity contribution in [3.63, 3.8) is 0 Å². The van der Waals surface area contributed by atoms with Crippen LogP contribution in [-0.2, 0) is 0 Å². The van der Waals surface area contributed by atoms with E-state index < -0.39 is 5.97 Å². The maximum absolute atomic E-state index is 10.3. The minimum atomic E-state index is -0.937. The number of rotatable bonds is 2. The number of nitrogen functional groups attached to an aromatic ring is 1. The average Bonchev–Trinajstić information content (AvgIpc) is 2.21. The van der Waals surface area contributed by atoms with E-state index in [1.54, 1.807) is 12.1 Å². The molecule has 0 radical (unpaired) electrons. The quantitative estimate of drug-likeness (QED) is 0.311. The molecule has 6 heteroatoms. The Hall–Kier alpha value is -1.63. The number of benzene rings is 1. The maximum atomic E-state index is 10.3. The molecule has 0 saturated carbocycles. The van der Waals surface area contributed by atoms with Crippen molar-refractivity contribution in [1.82, 2.24) is 0 Å². The zero-order valence-corrected chi connectivity index (χ0v) is 6.90. The van der Waals surface area contributed by atoms with E-state index in [9.17, 15) is 4.79 Å². The van der Waals surface area contributed by atoms with E-state index in [-0.39, 0.29) is 5.56 Å². The summed E-state index contributed by atoms with van der Waals surface area (Å²) in [7, 11) is 0. The Labute approximate surface area is 75.3 Å². The molecule has 6 nitrogen and oxygen atoms in total. The lowest BCUT2D eigenvalue weighted by Crippen LogP contribution is -2.06. The highest BCUT2D eigenvalue weighted by molar-refractivity contribution is 5.87. The van der Waals surface area contributed by atoms with Crippen LogP contribution < -0.4 is 23.0 Å². The third-order valence-corrected chi connectivity index (χ3v) is 1.30. The number of nitrogens with one attached hydrogen (secondary N) is 1. The lowest BCUT2D eigenvalue weighted by molar-refractivity contribution is 0.0697. The molecular formula is C7H12N4O2. The highest BCUT2D eigenvalue weighted by Crippen LogP contribution is 2.07. The van der Waals surface area contributed by atoms with E-state index >= 15 is 0 Å². The van der Waals surface area contributed by atoms with Crippen LogP contribution in [0.2, 0.25) is 0 Å². The predicted octanol–water partition coefficient (Wildman–Crippen LogP) is -0.511. The summed E-state index contributed by atoms with van der Waals surface area (Å²) in [4.78, 5) is 10.3. The van der Waals surface area contributed by atoms with Crippen molar-refractivity contribution in [2.24, 2.45) is 17.5 Å². The van der Waals surface area contributed by atoms with Gasteiger partial charge in [-0.3, -0.25) is 17.5 Å². The fourth-order valence-electron chi connectivity index (χ4n) is 0.709. The van der Waals surface area contributed by atoms with Gasteiger partial charge < -0.3 is 10.5 Å². The fourth-order valence-corrected chi connectivity index (χ4v) is 0.709. The molecule has 0 spiro atoms. The van der Waals surface area contributed by atoms with Crippen molar-refractivity contribution in [3.05, 3.63) is 29.8 Å². The Morgan fingerprint density at radius 1 is 1.23 bits per heavy atom. The van der Waals surface area contributed by atoms with Crippen molar-refractivity contribution in [2.45, 2.75) is 0 Å². The minimum absolute atomic E-state index is 0.254. The molecule has 0 heterocycles. The number of aromatic carboxylic acids is 1. The lowest BCUT2D eigenvalue weighted by Gasteiger charge is -1.98. The first kappa shape index (κ1) is 11.4. The Kier molecular flexibility index (Phi) is 5.20. The molecule has 0 unspecified atom stereocenters. The van der Waals surface area contributed by atoms with E-state index in [1.807, 2.05) is 0 Å². The lowest BCUT2D eigenvalue weighted by atomic mass is 10.2. The molecule has 13 heavy (non-hydrogen) atoms. The monoisotopic (exact) mass is 184 g/mol. The van der Waals surface area contributed by atoms with E-state index in [2.05, 4.69) is 17.1 Å². The van der Waals surface area contributed by atoms with Crippen molar-refractivity contribution in [2.75, 3.05) is 5.43 Å². The molecule has 1 rings (SSSR count). The maximum Gasteiger partial charge on any atom is 0.335 e. The largest absolute Gasteiger partial charge is 0.478 e. The normalized spacial score (nSPS) is 8.23. The van der Waals surface area contributed by atoms with Gasteiger partial charge in [-0.05, 0) is 24.3 Å². The summed E-state index contributed by atoms with van der Waals surface area (Å²) >= 11 is 0. The summed E-state index contributed by atoms with van der Waals surface area (Å²) in [6, 6.07) is 6.17. The first-order valence-electron chi connectivity index (χ1n) is 3.37. The molecule has 0 saturated heterocycles. The predicted molar refractivity (Wildman–Crippen MR) is 49.6 cm³/mol. The Bertz CT molecular complexity index is 260. The summed E-state index contributed by atoms with van der Waals surface area (Å²) in [6.07, 6.45) is 0. The molecule has 0 fully saturated rings. The molecule has 0 atom stereocenters. The second-order valence-corrected chi connectivity index (χ2v) is 2.03. The van der Waals surface area contributed by atoms with Gasteiger partial charge >= 0.3 is 5.97 Å². The van der Waals surface area contributed by atoms with E-state index in [0.717, 1.165) is 0 Å². The average molecular weight is 184 g/mol.